The van der Waals surface area contributed by atoms with Crippen LogP contribution in [0.2, 0.25) is 5.02 Å². The molecule has 1 fully saturated rings. The number of halogens is 1. The van der Waals surface area contributed by atoms with Gasteiger partial charge in [-0.25, -0.2) is 0 Å². The average Bonchev–Trinajstić information content (AvgIpc) is 2.74. The topological polar surface area (TPSA) is 49.8 Å². The number of aryl methyl sites for hydroxylation is 1. The van der Waals surface area contributed by atoms with E-state index in [0.29, 0.717) is 30.3 Å². The number of amides is 1. The molecular weight excluding hydrogens is 254 g/mol. The largest absolute Gasteiger partial charge is 0.483 e. The maximum atomic E-state index is 11.8. The van der Waals surface area contributed by atoms with E-state index >= 15 is 0 Å². The average molecular weight is 270 g/mol. The predicted molar refractivity (Wildman–Crippen MR) is 68.9 cm³/mol. The van der Waals surface area contributed by atoms with E-state index in [0.717, 1.165) is 5.56 Å². The third kappa shape index (κ3) is 3.15. The molecule has 98 valence electrons. The number of benzene rings is 1. The van der Waals surface area contributed by atoms with Crippen LogP contribution in [0.1, 0.15) is 12.0 Å². The van der Waals surface area contributed by atoms with Crippen LogP contribution in [0.15, 0.2) is 18.2 Å². The molecule has 0 bridgehead atoms. The zero-order chi connectivity index (χ0) is 13.1. The number of nitrogens with zero attached hydrogens (tertiary/aromatic N) is 1. The predicted octanol–water partition coefficient (Wildman–Crippen LogP) is 1.62. The number of likely N-dealkylation sites (tertiary alicyclic amines) is 1. The molecule has 1 amide bonds. The fraction of sp³-hybridized carbons (Fsp3) is 0.462. The Bertz CT molecular complexity index is 450. The number of aliphatic hydroxyl groups is 1. The molecule has 1 aromatic rings. The molecule has 1 aliphatic rings. The number of rotatable bonds is 3. The molecule has 18 heavy (non-hydrogen) atoms. The number of carbonyl (C=O) groups excluding carboxylic acids is 1. The van der Waals surface area contributed by atoms with Gasteiger partial charge in [-0.05, 0) is 37.1 Å². The fourth-order valence-corrected chi connectivity index (χ4v) is 2.20. The summed E-state index contributed by atoms with van der Waals surface area (Å²) >= 11 is 5.84. The van der Waals surface area contributed by atoms with Gasteiger partial charge < -0.3 is 14.7 Å². The van der Waals surface area contributed by atoms with Crippen LogP contribution in [-0.2, 0) is 4.79 Å². The van der Waals surface area contributed by atoms with E-state index in [9.17, 15) is 9.90 Å². The molecule has 0 saturated carbocycles. The molecule has 0 aromatic heterocycles. The molecule has 0 aliphatic carbocycles. The van der Waals surface area contributed by atoms with E-state index in [1.807, 2.05) is 6.92 Å². The van der Waals surface area contributed by atoms with Crippen LogP contribution in [0.5, 0.6) is 5.75 Å². The highest BCUT2D eigenvalue weighted by Crippen LogP contribution is 2.22. The van der Waals surface area contributed by atoms with Gasteiger partial charge in [0.05, 0.1) is 6.10 Å². The van der Waals surface area contributed by atoms with E-state index in [1.165, 1.54) is 0 Å². The number of aliphatic hydroxyl groups excluding tert-OH is 1. The molecule has 0 radical (unpaired) electrons. The van der Waals surface area contributed by atoms with Gasteiger partial charge >= 0.3 is 0 Å². The first-order valence-corrected chi connectivity index (χ1v) is 6.29. The van der Waals surface area contributed by atoms with Gasteiger partial charge in [-0.15, -0.1) is 0 Å². The van der Waals surface area contributed by atoms with Crippen molar-refractivity contribution in [1.82, 2.24) is 4.90 Å². The Kier molecular flexibility index (Phi) is 4.09. The second-order valence-corrected chi connectivity index (χ2v) is 4.92. The quantitative estimate of drug-likeness (QED) is 0.907. The highest BCUT2D eigenvalue weighted by molar-refractivity contribution is 6.30. The molecule has 1 aliphatic heterocycles. The van der Waals surface area contributed by atoms with Gasteiger partial charge in [0.15, 0.2) is 6.61 Å². The van der Waals surface area contributed by atoms with Crippen molar-refractivity contribution >= 4 is 17.5 Å². The first-order valence-electron chi connectivity index (χ1n) is 5.91. The third-order valence-electron chi connectivity index (χ3n) is 3.00. The second-order valence-electron chi connectivity index (χ2n) is 4.48. The minimum atomic E-state index is -0.397. The van der Waals surface area contributed by atoms with E-state index in [-0.39, 0.29) is 12.5 Å². The lowest BCUT2D eigenvalue weighted by Gasteiger charge is -2.16. The minimum absolute atomic E-state index is 0.00477. The molecule has 1 N–H and O–H groups in total. The maximum absolute atomic E-state index is 11.8. The second kappa shape index (κ2) is 5.59. The Morgan fingerprint density at radius 2 is 2.39 bits per heavy atom. The molecule has 1 unspecified atom stereocenters. The van der Waals surface area contributed by atoms with Crippen LogP contribution < -0.4 is 4.74 Å². The van der Waals surface area contributed by atoms with E-state index < -0.39 is 6.10 Å². The molecule has 0 spiro atoms. The Morgan fingerprint density at radius 1 is 1.61 bits per heavy atom. The van der Waals surface area contributed by atoms with Crippen molar-refractivity contribution in [2.75, 3.05) is 19.7 Å². The molecule has 4 nitrogen and oxygen atoms in total. The molecule has 1 atom stereocenters. The molecule has 1 saturated heterocycles. The van der Waals surface area contributed by atoms with Crippen molar-refractivity contribution in [3.63, 3.8) is 0 Å². The summed E-state index contributed by atoms with van der Waals surface area (Å²) in [5.74, 6) is 0.563. The summed E-state index contributed by atoms with van der Waals surface area (Å²) in [4.78, 5) is 13.4. The van der Waals surface area contributed by atoms with Crippen LogP contribution >= 0.6 is 11.6 Å². The monoisotopic (exact) mass is 269 g/mol. The van der Waals surface area contributed by atoms with E-state index in [4.69, 9.17) is 16.3 Å². The van der Waals surface area contributed by atoms with Gasteiger partial charge in [0.25, 0.3) is 5.91 Å². The summed E-state index contributed by atoms with van der Waals surface area (Å²) in [7, 11) is 0. The first kappa shape index (κ1) is 13.2. The summed E-state index contributed by atoms with van der Waals surface area (Å²) in [6, 6.07) is 5.28. The smallest absolute Gasteiger partial charge is 0.260 e. The van der Waals surface area contributed by atoms with Crippen molar-refractivity contribution < 1.29 is 14.6 Å². The Morgan fingerprint density at radius 3 is 3.00 bits per heavy atom. The van der Waals surface area contributed by atoms with Crippen LogP contribution in [0, 0.1) is 6.92 Å². The number of β-amino-alcohol motifs (C(OH)–C–C–N with tert-alkyl or cyclic N) is 1. The fourth-order valence-electron chi connectivity index (χ4n) is 1.97. The van der Waals surface area contributed by atoms with Gasteiger partial charge in [0.2, 0.25) is 0 Å². The summed E-state index contributed by atoms with van der Waals surface area (Å²) in [5, 5.41) is 10.0. The van der Waals surface area contributed by atoms with Crippen molar-refractivity contribution in [1.29, 1.82) is 0 Å². The number of carbonyl (C=O) groups is 1. The zero-order valence-electron chi connectivity index (χ0n) is 10.2. The van der Waals surface area contributed by atoms with Crippen molar-refractivity contribution in [2.24, 2.45) is 0 Å². The van der Waals surface area contributed by atoms with Crippen molar-refractivity contribution in [3.8, 4) is 5.75 Å². The third-order valence-corrected chi connectivity index (χ3v) is 3.24. The zero-order valence-corrected chi connectivity index (χ0v) is 11.0. The molecule has 1 aromatic carbocycles. The lowest BCUT2D eigenvalue weighted by Crippen LogP contribution is -2.33. The van der Waals surface area contributed by atoms with E-state index in [1.54, 1.807) is 23.1 Å². The van der Waals surface area contributed by atoms with Crippen LogP contribution in [0.3, 0.4) is 0 Å². The standard InChI is InChI=1S/C13H16ClNO3/c1-9-6-10(14)2-3-12(9)18-8-13(17)15-5-4-11(16)7-15/h2-3,6,11,16H,4-5,7-8H2,1H3. The molecule has 1 heterocycles. The van der Waals surface area contributed by atoms with Gasteiger partial charge in [-0.1, -0.05) is 11.6 Å². The molecule has 2 rings (SSSR count). The Hall–Kier alpha value is -1.26. The van der Waals surface area contributed by atoms with E-state index in [2.05, 4.69) is 0 Å². The number of hydrogen-bond donors (Lipinski definition) is 1. The van der Waals surface area contributed by atoms with Crippen LogP contribution in [-0.4, -0.2) is 41.7 Å². The maximum Gasteiger partial charge on any atom is 0.260 e. The number of hydrogen-bond acceptors (Lipinski definition) is 3. The van der Waals surface area contributed by atoms with Gasteiger partial charge in [-0.2, -0.15) is 0 Å². The SMILES string of the molecule is Cc1cc(Cl)ccc1OCC(=O)N1CCC(O)C1. The highest BCUT2D eigenvalue weighted by atomic mass is 35.5. The number of ether oxygens (including phenoxy) is 1. The van der Waals surface area contributed by atoms with Gasteiger partial charge in [-0.3, -0.25) is 4.79 Å². The highest BCUT2D eigenvalue weighted by Gasteiger charge is 2.24. The van der Waals surface area contributed by atoms with Gasteiger partial charge in [0.1, 0.15) is 5.75 Å². The Balaban J connectivity index is 1.89. The summed E-state index contributed by atoms with van der Waals surface area (Å²) in [5.41, 5.74) is 0.900. The normalized spacial score (nSPS) is 19.1. The summed E-state index contributed by atoms with van der Waals surface area (Å²) in [6.07, 6.45) is 0.248. The minimum Gasteiger partial charge on any atom is -0.483 e. The Labute approximate surface area is 111 Å². The summed E-state index contributed by atoms with van der Waals surface area (Å²) in [6.45, 7) is 2.88. The molecular formula is C13H16ClNO3. The summed E-state index contributed by atoms with van der Waals surface area (Å²) < 4.78 is 5.47. The van der Waals surface area contributed by atoms with Crippen LogP contribution in [0.4, 0.5) is 0 Å². The molecule has 5 heteroatoms. The lowest BCUT2D eigenvalue weighted by atomic mass is 10.2. The van der Waals surface area contributed by atoms with Crippen molar-refractivity contribution in [2.45, 2.75) is 19.4 Å². The van der Waals surface area contributed by atoms with Gasteiger partial charge in [0, 0.05) is 18.1 Å². The van der Waals surface area contributed by atoms with Crippen molar-refractivity contribution in [3.05, 3.63) is 28.8 Å². The lowest BCUT2D eigenvalue weighted by molar-refractivity contribution is -0.132. The van der Waals surface area contributed by atoms with Crippen LogP contribution in [0.25, 0.3) is 0 Å². The first-order chi connectivity index (χ1) is 8.56.